The van der Waals surface area contributed by atoms with Crippen molar-refractivity contribution in [2.24, 2.45) is 29.1 Å². The van der Waals surface area contributed by atoms with E-state index in [1.165, 1.54) is 64.2 Å². The number of carbonyl (C=O) groups excluding carboxylic acids is 2. The second kappa shape index (κ2) is 13.7. The van der Waals surface area contributed by atoms with Gasteiger partial charge in [0.05, 0.1) is 5.41 Å². The number of carbonyl (C=O) groups is 2. The molecule has 0 heterocycles. The SMILES string of the molecule is CC1CCCC1OC(=O)CCCC(C(=O)OC1CCCC1C)(C1CCCCCC1)C1CCCCCC1. The molecular weight excluding hydrogens is 448 g/mol. The summed E-state index contributed by atoms with van der Waals surface area (Å²) in [5.74, 6) is 1.81. The van der Waals surface area contributed by atoms with Crippen LogP contribution in [0.15, 0.2) is 0 Å². The Morgan fingerprint density at radius 3 is 1.53 bits per heavy atom. The van der Waals surface area contributed by atoms with Crippen molar-refractivity contribution < 1.29 is 19.1 Å². The van der Waals surface area contributed by atoms with Crippen LogP contribution in [0.5, 0.6) is 0 Å². The van der Waals surface area contributed by atoms with Crippen LogP contribution in [0, 0.1) is 29.1 Å². The van der Waals surface area contributed by atoms with Crippen LogP contribution >= 0.6 is 0 Å². The van der Waals surface area contributed by atoms with Crippen LogP contribution in [-0.4, -0.2) is 24.1 Å². The highest BCUT2D eigenvalue weighted by atomic mass is 16.5. The molecule has 206 valence electrons. The Balaban J connectivity index is 1.53. The van der Waals surface area contributed by atoms with Gasteiger partial charge in [0.1, 0.15) is 12.2 Å². The van der Waals surface area contributed by atoms with Crippen LogP contribution < -0.4 is 0 Å². The third-order valence-electron chi connectivity index (χ3n) is 10.6. The van der Waals surface area contributed by atoms with Crippen LogP contribution in [0.2, 0.25) is 0 Å². The molecule has 36 heavy (non-hydrogen) atoms. The number of rotatable bonds is 9. The molecule has 4 saturated carbocycles. The van der Waals surface area contributed by atoms with Crippen molar-refractivity contribution in [2.45, 2.75) is 161 Å². The van der Waals surface area contributed by atoms with Crippen LogP contribution in [0.1, 0.15) is 149 Å². The van der Waals surface area contributed by atoms with Gasteiger partial charge in [0, 0.05) is 6.42 Å². The molecule has 0 N–H and O–H groups in total. The highest BCUT2D eigenvalue weighted by molar-refractivity contribution is 5.78. The minimum atomic E-state index is -0.419. The Kier molecular flexibility index (Phi) is 10.6. The van der Waals surface area contributed by atoms with Crippen molar-refractivity contribution in [3.8, 4) is 0 Å². The molecule has 4 unspecified atom stereocenters. The highest BCUT2D eigenvalue weighted by Crippen LogP contribution is 2.52. The maximum atomic E-state index is 14.4. The van der Waals surface area contributed by atoms with Crippen molar-refractivity contribution in [1.29, 1.82) is 0 Å². The maximum Gasteiger partial charge on any atom is 0.312 e. The molecule has 0 aromatic carbocycles. The summed E-state index contributed by atoms with van der Waals surface area (Å²) in [4.78, 5) is 27.3. The molecule has 4 aliphatic carbocycles. The van der Waals surface area contributed by atoms with E-state index in [2.05, 4.69) is 13.8 Å². The normalized spacial score (nSPS) is 31.1. The summed E-state index contributed by atoms with van der Waals surface area (Å²) in [7, 11) is 0. The quantitative estimate of drug-likeness (QED) is 0.234. The lowest BCUT2D eigenvalue weighted by Crippen LogP contribution is -2.47. The topological polar surface area (TPSA) is 52.6 Å². The number of hydrogen-bond donors (Lipinski definition) is 0. The van der Waals surface area contributed by atoms with Crippen molar-refractivity contribution in [2.75, 3.05) is 0 Å². The summed E-state index contributed by atoms with van der Waals surface area (Å²) in [5, 5.41) is 0. The van der Waals surface area contributed by atoms with E-state index in [4.69, 9.17) is 9.47 Å². The molecule has 0 aromatic heterocycles. The van der Waals surface area contributed by atoms with Crippen LogP contribution in [0.25, 0.3) is 0 Å². The standard InChI is InChI=1S/C32H54O4/c1-24-14-11-20-28(24)35-30(33)22-13-23-32(26-16-7-3-4-8-17-26,27-18-9-5-6-10-19-27)31(34)36-29-21-12-15-25(29)2/h24-29H,3-23H2,1-2H3. The van der Waals surface area contributed by atoms with Gasteiger partial charge in [-0.15, -0.1) is 0 Å². The number of esters is 2. The van der Waals surface area contributed by atoms with Gasteiger partial charge in [-0.25, -0.2) is 0 Å². The van der Waals surface area contributed by atoms with Gasteiger partial charge in [-0.1, -0.05) is 65.2 Å². The molecule has 4 atom stereocenters. The average molecular weight is 503 g/mol. The summed E-state index contributed by atoms with van der Waals surface area (Å²) >= 11 is 0. The summed E-state index contributed by atoms with van der Waals surface area (Å²) < 4.78 is 12.4. The van der Waals surface area contributed by atoms with E-state index in [9.17, 15) is 9.59 Å². The zero-order chi connectivity index (χ0) is 25.4. The largest absolute Gasteiger partial charge is 0.462 e. The molecule has 0 radical (unpaired) electrons. The van der Waals surface area contributed by atoms with Crippen molar-refractivity contribution >= 4 is 11.9 Å². The summed E-state index contributed by atoms with van der Waals surface area (Å²) in [6.07, 6.45) is 23.5. The first-order valence-corrected chi connectivity index (χ1v) is 15.9. The number of hydrogen-bond acceptors (Lipinski definition) is 4. The van der Waals surface area contributed by atoms with Crippen LogP contribution in [0.4, 0.5) is 0 Å². The summed E-state index contributed by atoms with van der Waals surface area (Å²) in [5.41, 5.74) is -0.419. The first-order chi connectivity index (χ1) is 17.5. The molecule has 4 aliphatic rings. The first kappa shape index (κ1) is 28.0. The van der Waals surface area contributed by atoms with E-state index in [1.807, 2.05) is 0 Å². The molecule has 0 bridgehead atoms. The molecular formula is C32H54O4. The zero-order valence-corrected chi connectivity index (χ0v) is 23.4. The minimum Gasteiger partial charge on any atom is -0.462 e. The molecule has 4 nitrogen and oxygen atoms in total. The maximum absolute atomic E-state index is 14.4. The van der Waals surface area contributed by atoms with Gasteiger partial charge in [0.15, 0.2) is 0 Å². The number of ether oxygens (including phenoxy) is 2. The van der Waals surface area contributed by atoms with Crippen LogP contribution in [-0.2, 0) is 19.1 Å². The Hall–Kier alpha value is -1.06. The van der Waals surface area contributed by atoms with E-state index in [-0.39, 0.29) is 24.1 Å². The van der Waals surface area contributed by atoms with E-state index in [1.54, 1.807) is 0 Å². The van der Waals surface area contributed by atoms with E-state index < -0.39 is 5.41 Å². The van der Waals surface area contributed by atoms with E-state index >= 15 is 0 Å². The fourth-order valence-corrected chi connectivity index (χ4v) is 8.34. The minimum absolute atomic E-state index is 0.0536. The van der Waals surface area contributed by atoms with Gasteiger partial charge in [-0.3, -0.25) is 9.59 Å². The second-order valence-electron chi connectivity index (χ2n) is 13.1. The lowest BCUT2D eigenvalue weighted by Gasteiger charge is -2.45. The average Bonchev–Trinajstić information content (AvgIpc) is 3.22. The van der Waals surface area contributed by atoms with E-state index in [0.717, 1.165) is 64.2 Å². The van der Waals surface area contributed by atoms with E-state index in [0.29, 0.717) is 30.1 Å². The molecule has 0 aromatic rings. The Morgan fingerprint density at radius 1 is 0.611 bits per heavy atom. The molecule has 0 spiro atoms. The van der Waals surface area contributed by atoms with Gasteiger partial charge in [-0.05, 0) is 101 Å². The molecule has 0 amide bonds. The second-order valence-corrected chi connectivity index (χ2v) is 13.1. The molecule has 4 heteroatoms. The Morgan fingerprint density at radius 2 is 1.08 bits per heavy atom. The molecule has 4 rings (SSSR count). The third kappa shape index (κ3) is 6.87. The Bertz CT molecular complexity index is 666. The van der Waals surface area contributed by atoms with Gasteiger partial charge >= 0.3 is 11.9 Å². The van der Waals surface area contributed by atoms with Crippen molar-refractivity contribution in [3.63, 3.8) is 0 Å². The van der Waals surface area contributed by atoms with Crippen molar-refractivity contribution in [3.05, 3.63) is 0 Å². The van der Waals surface area contributed by atoms with Crippen LogP contribution in [0.3, 0.4) is 0 Å². The molecule has 4 fully saturated rings. The van der Waals surface area contributed by atoms with Gasteiger partial charge in [0.2, 0.25) is 0 Å². The first-order valence-electron chi connectivity index (χ1n) is 15.9. The lowest BCUT2D eigenvalue weighted by molar-refractivity contribution is -0.175. The molecule has 0 aliphatic heterocycles. The highest BCUT2D eigenvalue weighted by Gasteiger charge is 2.52. The lowest BCUT2D eigenvalue weighted by atomic mass is 9.59. The fourth-order valence-electron chi connectivity index (χ4n) is 8.34. The summed E-state index contributed by atoms with van der Waals surface area (Å²) in [6, 6.07) is 0. The van der Waals surface area contributed by atoms with Gasteiger partial charge in [0.25, 0.3) is 0 Å². The van der Waals surface area contributed by atoms with Gasteiger partial charge in [-0.2, -0.15) is 0 Å². The predicted molar refractivity (Wildman–Crippen MR) is 144 cm³/mol. The molecule has 0 saturated heterocycles. The smallest absolute Gasteiger partial charge is 0.312 e. The zero-order valence-electron chi connectivity index (χ0n) is 23.4. The van der Waals surface area contributed by atoms with Crippen molar-refractivity contribution in [1.82, 2.24) is 0 Å². The predicted octanol–water partition coefficient (Wildman–Crippen LogP) is 8.55. The Labute approximate surface area is 221 Å². The summed E-state index contributed by atoms with van der Waals surface area (Å²) in [6.45, 7) is 4.46. The third-order valence-corrected chi connectivity index (χ3v) is 10.6. The van der Waals surface area contributed by atoms with Gasteiger partial charge < -0.3 is 9.47 Å². The monoisotopic (exact) mass is 502 g/mol. The fraction of sp³-hybridized carbons (Fsp3) is 0.938.